The number of thioether (sulfide) groups is 1. The number of aromatic nitrogens is 3. The lowest BCUT2D eigenvalue weighted by molar-refractivity contribution is -0.362. The molecule has 0 unspecified atom stereocenters. The van der Waals surface area contributed by atoms with E-state index in [9.17, 15) is 0 Å². The average Bonchev–Trinajstić information content (AvgIpc) is 3.51. The highest BCUT2D eigenvalue weighted by Crippen LogP contribution is 2.44. The van der Waals surface area contributed by atoms with Crippen LogP contribution in [-0.2, 0) is 18.6 Å². The Morgan fingerprint density at radius 3 is 2.47 bits per heavy atom. The number of benzene rings is 2. The predicted octanol–water partition coefficient (Wildman–Crippen LogP) is 5.34. The first kappa shape index (κ1) is 21.5. The number of pyridine rings is 1. The third-order valence-electron chi connectivity index (χ3n) is 6.24. The topological polar surface area (TPSA) is 78.3 Å². The number of anilines is 1. The van der Waals surface area contributed by atoms with Gasteiger partial charge in [-0.25, -0.2) is 15.0 Å². The lowest BCUT2D eigenvalue weighted by Gasteiger charge is -2.10. The van der Waals surface area contributed by atoms with Crippen molar-refractivity contribution in [1.82, 2.24) is 15.0 Å². The molecule has 0 atom stereocenters. The Bertz CT molecular complexity index is 1470. The molecule has 0 amide bonds. The fourth-order valence-corrected chi connectivity index (χ4v) is 6.60. The van der Waals surface area contributed by atoms with Crippen LogP contribution in [0.15, 0.2) is 65.8 Å². The van der Waals surface area contributed by atoms with Gasteiger partial charge in [-0.1, -0.05) is 72.4 Å². The molecule has 0 saturated carbocycles. The Labute approximate surface area is 206 Å². The summed E-state index contributed by atoms with van der Waals surface area (Å²) < 4.78 is 1.10. The van der Waals surface area contributed by atoms with E-state index >= 15 is 0 Å². The zero-order valence-corrected chi connectivity index (χ0v) is 20.5. The Balaban J connectivity index is 1.52. The number of rotatable bonds is 7. The summed E-state index contributed by atoms with van der Waals surface area (Å²) in [6, 6.07) is 21.1. The molecular weight excluding hydrogens is 458 g/mol. The van der Waals surface area contributed by atoms with Crippen LogP contribution < -0.4 is 11.1 Å². The molecular formula is C27H26N5S2+. The molecule has 6 rings (SSSR count). The van der Waals surface area contributed by atoms with E-state index in [1.165, 1.54) is 34.1 Å². The lowest BCUT2D eigenvalue weighted by atomic mass is 10.0. The monoisotopic (exact) mass is 484 g/mol. The molecule has 0 fully saturated rings. The Morgan fingerprint density at radius 2 is 1.68 bits per heavy atom. The third-order valence-corrected chi connectivity index (χ3v) is 8.24. The van der Waals surface area contributed by atoms with Gasteiger partial charge in [0.25, 0.3) is 0 Å². The molecule has 1 aliphatic rings. The van der Waals surface area contributed by atoms with Crippen LogP contribution >= 0.6 is 23.1 Å². The number of thiophene rings is 1. The zero-order chi connectivity index (χ0) is 22.9. The second-order valence-electron chi connectivity index (χ2n) is 8.51. The smallest absolute Gasteiger partial charge is 0.190 e. The number of nitrogens with zero attached hydrogens (tertiary/aromatic N) is 3. The Kier molecular flexibility index (Phi) is 5.91. The summed E-state index contributed by atoms with van der Waals surface area (Å²) in [5.41, 5.74) is 11.5. The molecule has 34 heavy (non-hydrogen) atoms. The number of fused-ring (bicyclic) bond motifs is 5. The molecule has 5 aromatic rings. The van der Waals surface area contributed by atoms with Crippen LogP contribution in [0.3, 0.4) is 0 Å². The fraction of sp³-hybridized carbons (Fsp3) is 0.222. The predicted molar refractivity (Wildman–Crippen MR) is 142 cm³/mol. The van der Waals surface area contributed by atoms with Crippen LogP contribution in [0.2, 0.25) is 0 Å². The fourth-order valence-electron chi connectivity index (χ4n) is 4.69. The molecule has 3 heterocycles. The molecule has 3 aromatic heterocycles. The third kappa shape index (κ3) is 3.94. The van der Waals surface area contributed by atoms with Crippen molar-refractivity contribution < 1.29 is 5.73 Å². The number of quaternary nitrogens is 1. The summed E-state index contributed by atoms with van der Waals surface area (Å²) in [7, 11) is 0. The second kappa shape index (κ2) is 9.33. The van der Waals surface area contributed by atoms with Gasteiger partial charge in [-0.2, -0.15) is 0 Å². The van der Waals surface area contributed by atoms with E-state index in [4.69, 9.17) is 15.0 Å². The van der Waals surface area contributed by atoms with Gasteiger partial charge in [-0.05, 0) is 36.0 Å². The van der Waals surface area contributed by atoms with Crippen molar-refractivity contribution >= 4 is 49.3 Å². The molecule has 0 bridgehead atoms. The number of aryl methyl sites for hydroxylation is 1. The average molecular weight is 485 g/mol. The van der Waals surface area contributed by atoms with Crippen molar-refractivity contribution in [2.75, 3.05) is 18.4 Å². The highest BCUT2D eigenvalue weighted by atomic mass is 32.2. The van der Waals surface area contributed by atoms with Gasteiger partial charge in [0.1, 0.15) is 10.6 Å². The highest BCUT2D eigenvalue weighted by Gasteiger charge is 2.25. The van der Waals surface area contributed by atoms with Crippen molar-refractivity contribution in [3.63, 3.8) is 0 Å². The first-order valence-electron chi connectivity index (χ1n) is 11.7. The van der Waals surface area contributed by atoms with Gasteiger partial charge in [-0.3, -0.25) is 0 Å². The van der Waals surface area contributed by atoms with Crippen molar-refractivity contribution in [2.45, 2.75) is 30.2 Å². The minimum absolute atomic E-state index is 0.782. The normalized spacial score (nSPS) is 13.0. The summed E-state index contributed by atoms with van der Waals surface area (Å²) in [5, 5.41) is 5.54. The second-order valence-corrected chi connectivity index (χ2v) is 10.4. The number of hydrogen-bond acceptors (Lipinski definition) is 6. The van der Waals surface area contributed by atoms with Crippen molar-refractivity contribution in [3.05, 3.63) is 77.4 Å². The molecule has 7 heteroatoms. The van der Waals surface area contributed by atoms with Gasteiger partial charge in [0.2, 0.25) is 0 Å². The van der Waals surface area contributed by atoms with E-state index in [1.807, 2.05) is 6.07 Å². The van der Waals surface area contributed by atoms with Crippen LogP contribution in [0.4, 0.5) is 5.82 Å². The van der Waals surface area contributed by atoms with Crippen molar-refractivity contribution in [1.29, 1.82) is 0 Å². The minimum atomic E-state index is 0.782. The molecule has 5 nitrogen and oxygen atoms in total. The van der Waals surface area contributed by atoms with E-state index in [-0.39, 0.29) is 0 Å². The summed E-state index contributed by atoms with van der Waals surface area (Å²) in [6.45, 7) is 1.58. The minimum Gasteiger partial charge on any atom is -0.363 e. The molecule has 0 saturated heterocycles. The van der Waals surface area contributed by atoms with E-state index < -0.39 is 0 Å². The van der Waals surface area contributed by atoms with Crippen LogP contribution in [0, 0.1) is 0 Å². The SMILES string of the molecule is [NH3+]CCNc1nc(SCc2ccccc2)nc2c1sc1nc(-c3ccccc3)c3c(c12)CCC3. The molecule has 0 aliphatic heterocycles. The molecule has 4 N–H and O–H groups in total. The van der Waals surface area contributed by atoms with Crippen LogP contribution in [0.5, 0.6) is 0 Å². The first-order valence-corrected chi connectivity index (χ1v) is 13.5. The maximum absolute atomic E-state index is 5.20. The summed E-state index contributed by atoms with van der Waals surface area (Å²) in [5.74, 6) is 1.75. The van der Waals surface area contributed by atoms with E-state index in [0.717, 1.165) is 63.4 Å². The number of nitrogens with one attached hydrogen (secondary N) is 1. The summed E-state index contributed by atoms with van der Waals surface area (Å²) in [4.78, 5) is 16.3. The lowest BCUT2D eigenvalue weighted by Crippen LogP contribution is -2.53. The maximum atomic E-state index is 5.20. The highest BCUT2D eigenvalue weighted by molar-refractivity contribution is 7.98. The van der Waals surface area contributed by atoms with Gasteiger partial charge in [0.05, 0.1) is 29.0 Å². The van der Waals surface area contributed by atoms with Gasteiger partial charge in [-0.15, -0.1) is 11.3 Å². The molecule has 0 radical (unpaired) electrons. The molecule has 2 aromatic carbocycles. The van der Waals surface area contributed by atoms with Crippen LogP contribution in [0.1, 0.15) is 23.1 Å². The Hall–Kier alpha value is -3.00. The molecule has 170 valence electrons. The van der Waals surface area contributed by atoms with E-state index in [2.05, 4.69) is 65.6 Å². The Morgan fingerprint density at radius 1 is 0.912 bits per heavy atom. The van der Waals surface area contributed by atoms with Gasteiger partial charge < -0.3 is 11.1 Å². The van der Waals surface area contributed by atoms with Gasteiger partial charge in [0.15, 0.2) is 5.16 Å². The van der Waals surface area contributed by atoms with Gasteiger partial charge >= 0.3 is 0 Å². The van der Waals surface area contributed by atoms with Crippen LogP contribution in [-0.4, -0.2) is 28.0 Å². The molecule has 0 spiro atoms. The standard InChI is InChI=1S/C27H25N5S2/c28-14-15-29-25-24-23(31-27(32-25)33-16-17-8-3-1-4-9-17)21-19-12-7-13-20(19)22(30-26(21)34-24)18-10-5-2-6-11-18/h1-6,8-11H,7,12-16,28H2,(H,29,31,32)/p+1. The van der Waals surface area contributed by atoms with Crippen molar-refractivity contribution in [3.8, 4) is 11.3 Å². The first-order chi connectivity index (χ1) is 16.8. The molecule has 1 aliphatic carbocycles. The summed E-state index contributed by atoms with van der Waals surface area (Å²) in [6.07, 6.45) is 3.33. The zero-order valence-electron chi connectivity index (χ0n) is 18.9. The number of hydrogen-bond donors (Lipinski definition) is 2. The van der Waals surface area contributed by atoms with Gasteiger partial charge in [0, 0.05) is 16.7 Å². The van der Waals surface area contributed by atoms with Crippen LogP contribution in [0.25, 0.3) is 31.7 Å². The largest absolute Gasteiger partial charge is 0.363 e. The maximum Gasteiger partial charge on any atom is 0.190 e. The van der Waals surface area contributed by atoms with E-state index in [0.29, 0.717) is 0 Å². The van der Waals surface area contributed by atoms with Crippen molar-refractivity contribution in [2.24, 2.45) is 0 Å². The van der Waals surface area contributed by atoms with E-state index in [1.54, 1.807) is 23.1 Å². The summed E-state index contributed by atoms with van der Waals surface area (Å²) >= 11 is 3.40. The quantitative estimate of drug-likeness (QED) is 0.241.